The van der Waals surface area contributed by atoms with E-state index in [1.807, 2.05) is 30.3 Å². The summed E-state index contributed by atoms with van der Waals surface area (Å²) >= 11 is 0. The van der Waals surface area contributed by atoms with Crippen molar-refractivity contribution >= 4 is 28.7 Å². The SMILES string of the molecule is CCCCCN(CCCCC)c1ccc2cc(/C=N/Nc3ccccn3)c(=O)oc2c1. The van der Waals surface area contributed by atoms with Gasteiger partial charge in [-0.3, -0.25) is 5.43 Å². The van der Waals surface area contributed by atoms with Crippen molar-refractivity contribution in [2.24, 2.45) is 5.10 Å². The van der Waals surface area contributed by atoms with Gasteiger partial charge >= 0.3 is 5.63 Å². The average Bonchev–Trinajstić information content (AvgIpc) is 2.79. The van der Waals surface area contributed by atoms with Crippen LogP contribution in [0.4, 0.5) is 11.5 Å². The number of anilines is 2. The van der Waals surface area contributed by atoms with Crippen LogP contribution < -0.4 is 16.0 Å². The molecule has 0 aliphatic rings. The molecular weight excluding hydrogens is 388 g/mol. The zero-order valence-corrected chi connectivity index (χ0v) is 18.5. The van der Waals surface area contributed by atoms with E-state index in [4.69, 9.17) is 4.42 Å². The largest absolute Gasteiger partial charge is 0.422 e. The van der Waals surface area contributed by atoms with Gasteiger partial charge in [-0.2, -0.15) is 5.10 Å². The summed E-state index contributed by atoms with van der Waals surface area (Å²) in [5, 5.41) is 4.98. The Morgan fingerprint density at radius 1 is 1.03 bits per heavy atom. The number of unbranched alkanes of at least 4 members (excludes halogenated alkanes) is 4. The molecule has 0 unspecified atom stereocenters. The lowest BCUT2D eigenvalue weighted by Gasteiger charge is -2.25. The first-order chi connectivity index (χ1) is 15.2. The van der Waals surface area contributed by atoms with E-state index in [9.17, 15) is 4.79 Å². The van der Waals surface area contributed by atoms with Gasteiger partial charge in [0.1, 0.15) is 11.4 Å². The number of nitrogens with one attached hydrogen (secondary N) is 1. The van der Waals surface area contributed by atoms with E-state index in [0.717, 1.165) is 24.2 Å². The molecule has 0 amide bonds. The van der Waals surface area contributed by atoms with Crippen molar-refractivity contribution in [3.8, 4) is 0 Å². The maximum absolute atomic E-state index is 12.5. The summed E-state index contributed by atoms with van der Waals surface area (Å²) in [4.78, 5) is 19.0. The third-order valence-electron chi connectivity index (χ3n) is 5.22. The Hall–Kier alpha value is -3.15. The fourth-order valence-electron chi connectivity index (χ4n) is 3.47. The minimum absolute atomic E-state index is 0.395. The Morgan fingerprint density at radius 2 is 1.81 bits per heavy atom. The van der Waals surface area contributed by atoms with Crippen molar-refractivity contribution in [2.45, 2.75) is 52.4 Å². The second kappa shape index (κ2) is 11.9. The molecule has 0 spiro atoms. The zero-order valence-electron chi connectivity index (χ0n) is 18.5. The minimum atomic E-state index is -0.403. The number of nitrogens with zero attached hydrogens (tertiary/aromatic N) is 3. The monoisotopic (exact) mass is 420 g/mol. The first kappa shape index (κ1) is 22.5. The van der Waals surface area contributed by atoms with Gasteiger partial charge < -0.3 is 9.32 Å². The van der Waals surface area contributed by atoms with Crippen LogP contribution in [0.25, 0.3) is 11.0 Å². The highest BCUT2D eigenvalue weighted by Crippen LogP contribution is 2.23. The van der Waals surface area contributed by atoms with Crippen LogP contribution in [-0.2, 0) is 0 Å². The molecule has 0 saturated heterocycles. The topological polar surface area (TPSA) is 70.7 Å². The first-order valence-electron chi connectivity index (χ1n) is 11.2. The Morgan fingerprint density at radius 3 is 2.48 bits per heavy atom. The van der Waals surface area contributed by atoms with E-state index in [-0.39, 0.29) is 0 Å². The van der Waals surface area contributed by atoms with Crippen LogP contribution in [0.2, 0.25) is 0 Å². The van der Waals surface area contributed by atoms with Gasteiger partial charge in [-0.15, -0.1) is 0 Å². The van der Waals surface area contributed by atoms with Crippen molar-refractivity contribution in [1.82, 2.24) is 4.98 Å². The standard InChI is InChI=1S/C25H32N4O2/c1-3-5-9-15-29(16-10-6-4-2)22-13-12-20-17-21(25(30)31-23(20)18-22)19-27-28-24-11-7-8-14-26-24/h7-8,11-14,17-19H,3-6,9-10,15-16H2,1-2H3,(H,26,28)/b27-19+. The van der Waals surface area contributed by atoms with Gasteiger partial charge in [0.05, 0.1) is 11.8 Å². The Labute approximate surface area is 184 Å². The van der Waals surface area contributed by atoms with Crippen LogP contribution in [0.5, 0.6) is 0 Å². The molecule has 0 aliphatic heterocycles. The quantitative estimate of drug-likeness (QED) is 0.173. The van der Waals surface area contributed by atoms with Crippen LogP contribution in [0.3, 0.4) is 0 Å². The molecule has 0 saturated carbocycles. The second-order valence-corrected chi connectivity index (χ2v) is 7.70. The minimum Gasteiger partial charge on any atom is -0.422 e. The summed E-state index contributed by atoms with van der Waals surface area (Å²) in [6.07, 6.45) is 10.3. The molecule has 0 atom stereocenters. The van der Waals surface area contributed by atoms with Gasteiger partial charge in [0.2, 0.25) is 0 Å². The molecule has 3 rings (SSSR count). The predicted molar refractivity (Wildman–Crippen MR) is 129 cm³/mol. The lowest BCUT2D eigenvalue weighted by molar-refractivity contribution is 0.559. The van der Waals surface area contributed by atoms with Crippen LogP contribution in [0.15, 0.2) is 63.0 Å². The predicted octanol–water partition coefficient (Wildman–Crippen LogP) is 5.82. The molecule has 2 aromatic heterocycles. The number of aromatic nitrogens is 1. The van der Waals surface area contributed by atoms with Gasteiger partial charge in [-0.25, -0.2) is 9.78 Å². The molecule has 0 fully saturated rings. The van der Waals surface area contributed by atoms with E-state index < -0.39 is 5.63 Å². The molecule has 2 heterocycles. The molecule has 164 valence electrons. The summed E-state index contributed by atoms with van der Waals surface area (Å²) < 4.78 is 5.62. The van der Waals surface area contributed by atoms with E-state index in [0.29, 0.717) is 17.0 Å². The van der Waals surface area contributed by atoms with Crippen molar-refractivity contribution in [3.63, 3.8) is 0 Å². The average molecular weight is 421 g/mol. The smallest absolute Gasteiger partial charge is 0.345 e. The van der Waals surface area contributed by atoms with Crippen LogP contribution >= 0.6 is 0 Å². The van der Waals surface area contributed by atoms with Gasteiger partial charge in [-0.1, -0.05) is 45.6 Å². The number of rotatable bonds is 12. The lowest BCUT2D eigenvalue weighted by Crippen LogP contribution is -2.25. The fraction of sp³-hybridized carbons (Fsp3) is 0.400. The third-order valence-corrected chi connectivity index (χ3v) is 5.22. The first-order valence-corrected chi connectivity index (χ1v) is 11.2. The van der Waals surface area contributed by atoms with Crippen molar-refractivity contribution in [3.05, 3.63) is 64.6 Å². The summed E-state index contributed by atoms with van der Waals surface area (Å²) in [5.74, 6) is 0.611. The second-order valence-electron chi connectivity index (χ2n) is 7.70. The molecule has 0 aliphatic carbocycles. The van der Waals surface area contributed by atoms with Gasteiger partial charge in [0.15, 0.2) is 0 Å². The van der Waals surface area contributed by atoms with E-state index >= 15 is 0 Å². The molecule has 1 N–H and O–H groups in total. The van der Waals surface area contributed by atoms with Crippen molar-refractivity contribution in [1.29, 1.82) is 0 Å². The molecular formula is C25H32N4O2. The maximum atomic E-state index is 12.5. The van der Waals surface area contributed by atoms with Crippen molar-refractivity contribution in [2.75, 3.05) is 23.4 Å². The Bertz CT molecular complexity index is 1020. The zero-order chi connectivity index (χ0) is 21.9. The summed E-state index contributed by atoms with van der Waals surface area (Å²) in [7, 11) is 0. The fourth-order valence-corrected chi connectivity index (χ4v) is 3.47. The highest BCUT2D eigenvalue weighted by atomic mass is 16.4. The molecule has 6 heteroatoms. The number of hydrazone groups is 1. The van der Waals surface area contributed by atoms with E-state index in [2.05, 4.69) is 40.3 Å². The summed E-state index contributed by atoms with van der Waals surface area (Å²) in [5.41, 5.74) is 4.52. The normalized spacial score (nSPS) is 11.3. The van der Waals surface area contributed by atoms with Gasteiger partial charge in [0, 0.05) is 36.4 Å². The molecule has 0 bridgehead atoms. The van der Waals surface area contributed by atoms with Crippen LogP contribution in [0.1, 0.15) is 57.9 Å². The Balaban J connectivity index is 1.77. The number of hydrogen-bond donors (Lipinski definition) is 1. The molecule has 0 radical (unpaired) electrons. The third kappa shape index (κ3) is 6.67. The number of pyridine rings is 1. The molecule has 1 aromatic carbocycles. The van der Waals surface area contributed by atoms with E-state index in [1.54, 1.807) is 12.3 Å². The van der Waals surface area contributed by atoms with E-state index in [1.165, 1.54) is 44.7 Å². The highest BCUT2D eigenvalue weighted by Gasteiger charge is 2.10. The van der Waals surface area contributed by atoms with Crippen LogP contribution in [0, 0.1) is 0 Å². The number of benzene rings is 1. The molecule has 31 heavy (non-hydrogen) atoms. The van der Waals surface area contributed by atoms with Gasteiger partial charge in [0.25, 0.3) is 0 Å². The summed E-state index contributed by atoms with van der Waals surface area (Å²) in [6, 6.07) is 13.4. The van der Waals surface area contributed by atoms with Crippen molar-refractivity contribution < 1.29 is 4.42 Å². The maximum Gasteiger partial charge on any atom is 0.345 e. The molecule has 6 nitrogen and oxygen atoms in total. The summed E-state index contributed by atoms with van der Waals surface area (Å²) in [6.45, 7) is 6.49. The Kier molecular flexibility index (Phi) is 8.64. The van der Waals surface area contributed by atoms with Crippen LogP contribution in [-0.4, -0.2) is 24.3 Å². The van der Waals surface area contributed by atoms with Gasteiger partial charge in [-0.05, 0) is 43.2 Å². The lowest BCUT2D eigenvalue weighted by atomic mass is 10.1. The molecule has 3 aromatic rings. The number of hydrogen-bond acceptors (Lipinski definition) is 6. The highest BCUT2D eigenvalue weighted by molar-refractivity contribution is 5.88. The number of fused-ring (bicyclic) bond motifs is 1.